The molecule has 1 aliphatic rings. The van der Waals surface area contributed by atoms with Gasteiger partial charge in [0.15, 0.2) is 0 Å². The summed E-state index contributed by atoms with van der Waals surface area (Å²) in [4.78, 5) is 13.6. The normalized spacial score (nSPS) is 17.4. The number of rotatable bonds is 5. The summed E-state index contributed by atoms with van der Waals surface area (Å²) in [6.07, 6.45) is 0. The highest BCUT2D eigenvalue weighted by molar-refractivity contribution is 7.89. The Morgan fingerprint density at radius 1 is 1.30 bits per heavy atom. The average Bonchev–Trinajstić information content (AvgIpc) is 2.73. The largest absolute Gasteiger partial charge is 0.355 e. The maximum Gasteiger partial charge on any atom is 0.248 e. The molecule has 0 spiro atoms. The lowest BCUT2D eigenvalue weighted by Crippen LogP contribution is -2.51. The van der Waals surface area contributed by atoms with Crippen molar-refractivity contribution < 1.29 is 13.2 Å². The minimum atomic E-state index is -3.67. The highest BCUT2D eigenvalue weighted by Gasteiger charge is 2.33. The molecule has 0 unspecified atom stereocenters. The van der Waals surface area contributed by atoms with Crippen molar-refractivity contribution >= 4 is 27.5 Å². The van der Waals surface area contributed by atoms with Gasteiger partial charge in [-0.3, -0.25) is 14.4 Å². The van der Waals surface area contributed by atoms with Crippen LogP contribution in [0.1, 0.15) is 12.6 Å². The Morgan fingerprint density at radius 2 is 1.91 bits per heavy atom. The van der Waals surface area contributed by atoms with Crippen LogP contribution in [0.25, 0.3) is 0 Å². The molecule has 1 amide bonds. The number of likely N-dealkylation sites (N-methyl/N-ethyl adjacent to an activating group) is 1. The second kappa shape index (κ2) is 7.16. The number of halogens is 1. The number of hydrogen-bond acceptors (Lipinski definition) is 5. The first kappa shape index (κ1) is 18.2. The van der Waals surface area contributed by atoms with Crippen LogP contribution in [0.5, 0.6) is 0 Å². The van der Waals surface area contributed by atoms with Crippen molar-refractivity contribution in [2.75, 3.05) is 39.3 Å². The average molecular weight is 364 g/mol. The number of nitrogens with one attached hydrogen (secondary N) is 1. The number of carbonyl (C=O) groups excluding carboxylic acids is 1. The van der Waals surface area contributed by atoms with Gasteiger partial charge in [0, 0.05) is 39.8 Å². The summed E-state index contributed by atoms with van der Waals surface area (Å²) in [5, 5.41) is 6.92. The van der Waals surface area contributed by atoms with E-state index in [1.807, 2.05) is 11.8 Å². The molecule has 1 aromatic rings. The fourth-order valence-electron chi connectivity index (χ4n) is 2.62. The lowest BCUT2D eigenvalue weighted by atomic mass is 10.3. The number of nitrogens with zero attached hydrogens (tertiary/aromatic N) is 4. The van der Waals surface area contributed by atoms with Crippen LogP contribution in [0, 0.1) is 6.92 Å². The molecule has 0 saturated carbocycles. The van der Waals surface area contributed by atoms with Gasteiger partial charge in [0.1, 0.15) is 10.0 Å². The molecule has 1 fully saturated rings. The topological polar surface area (TPSA) is 87.5 Å². The van der Waals surface area contributed by atoms with Gasteiger partial charge in [0.2, 0.25) is 15.9 Å². The summed E-state index contributed by atoms with van der Waals surface area (Å²) in [5.74, 6) is -0.0463. The van der Waals surface area contributed by atoms with Crippen LogP contribution in [0.3, 0.4) is 0 Å². The van der Waals surface area contributed by atoms with Crippen LogP contribution >= 0.6 is 11.6 Å². The van der Waals surface area contributed by atoms with Crippen LogP contribution in [-0.2, 0) is 21.9 Å². The molecule has 0 radical (unpaired) electrons. The van der Waals surface area contributed by atoms with Crippen molar-refractivity contribution in [2.45, 2.75) is 18.7 Å². The van der Waals surface area contributed by atoms with Gasteiger partial charge in [-0.05, 0) is 13.8 Å². The van der Waals surface area contributed by atoms with E-state index in [1.54, 1.807) is 14.0 Å². The molecule has 23 heavy (non-hydrogen) atoms. The number of hydrogen-bond donors (Lipinski definition) is 1. The second-order valence-corrected chi connectivity index (χ2v) is 7.70. The fraction of sp³-hybridized carbons (Fsp3) is 0.692. The van der Waals surface area contributed by atoms with E-state index in [0.717, 1.165) is 0 Å². The van der Waals surface area contributed by atoms with Crippen LogP contribution in [0.15, 0.2) is 4.90 Å². The van der Waals surface area contributed by atoms with Gasteiger partial charge in [0.05, 0.1) is 12.2 Å². The van der Waals surface area contributed by atoms with E-state index in [4.69, 9.17) is 11.6 Å². The van der Waals surface area contributed by atoms with Gasteiger partial charge in [-0.25, -0.2) is 8.42 Å². The number of piperazine rings is 1. The van der Waals surface area contributed by atoms with Crippen LogP contribution < -0.4 is 5.32 Å². The number of aryl methyl sites for hydroxylation is 2. The van der Waals surface area contributed by atoms with E-state index in [0.29, 0.717) is 38.4 Å². The standard InChI is InChI=1S/C13H22ClN5O3S/c1-4-15-11(20)9-18-5-7-19(8-6-18)23(21,22)12-10(2)16-17(3)13(12)14/h4-9H2,1-3H3,(H,15,20). The summed E-state index contributed by atoms with van der Waals surface area (Å²) in [7, 11) is -2.06. The molecule has 2 heterocycles. The van der Waals surface area contributed by atoms with Gasteiger partial charge in [0.25, 0.3) is 0 Å². The molecule has 1 aromatic heterocycles. The molecule has 0 aliphatic carbocycles. The fourth-order valence-corrected chi connectivity index (χ4v) is 4.75. The van der Waals surface area contributed by atoms with Gasteiger partial charge in [-0.1, -0.05) is 11.6 Å². The zero-order valence-corrected chi connectivity index (χ0v) is 15.1. The third kappa shape index (κ3) is 3.85. The minimum Gasteiger partial charge on any atom is -0.355 e. The van der Waals surface area contributed by atoms with Crippen molar-refractivity contribution in [1.29, 1.82) is 0 Å². The predicted octanol–water partition coefficient (Wildman–Crippen LogP) is -0.176. The molecular weight excluding hydrogens is 342 g/mol. The Bertz CT molecular complexity index is 680. The summed E-state index contributed by atoms with van der Waals surface area (Å²) in [6.45, 7) is 6.03. The van der Waals surface area contributed by atoms with Crippen LogP contribution in [0.2, 0.25) is 5.15 Å². The van der Waals surface area contributed by atoms with Crippen molar-refractivity contribution in [3.05, 3.63) is 10.8 Å². The van der Waals surface area contributed by atoms with E-state index in [2.05, 4.69) is 10.4 Å². The number of carbonyl (C=O) groups is 1. The molecule has 0 bridgehead atoms. The number of amides is 1. The van der Waals surface area contributed by atoms with Gasteiger partial charge in [-0.2, -0.15) is 9.40 Å². The molecular formula is C13H22ClN5O3S. The molecule has 8 nitrogen and oxygen atoms in total. The summed E-state index contributed by atoms with van der Waals surface area (Å²) < 4.78 is 28.3. The minimum absolute atomic E-state index is 0.0463. The monoisotopic (exact) mass is 363 g/mol. The van der Waals surface area contributed by atoms with E-state index >= 15 is 0 Å². The maximum atomic E-state index is 12.8. The number of sulfonamides is 1. The quantitative estimate of drug-likeness (QED) is 0.784. The SMILES string of the molecule is CCNC(=O)CN1CCN(S(=O)(=O)c2c(C)nn(C)c2Cl)CC1. The third-order valence-corrected chi connectivity index (χ3v) is 6.37. The molecule has 0 atom stereocenters. The lowest BCUT2D eigenvalue weighted by molar-refractivity contribution is -0.122. The highest BCUT2D eigenvalue weighted by Crippen LogP contribution is 2.27. The van der Waals surface area contributed by atoms with Gasteiger partial charge >= 0.3 is 0 Å². The Morgan fingerprint density at radius 3 is 2.39 bits per heavy atom. The summed E-state index contributed by atoms with van der Waals surface area (Å²) in [6, 6.07) is 0. The zero-order valence-electron chi connectivity index (χ0n) is 13.5. The molecule has 1 aliphatic heterocycles. The van der Waals surface area contributed by atoms with Crippen LogP contribution in [-0.4, -0.2) is 72.6 Å². The van der Waals surface area contributed by atoms with Crippen molar-refractivity contribution in [2.24, 2.45) is 7.05 Å². The lowest BCUT2D eigenvalue weighted by Gasteiger charge is -2.33. The third-order valence-electron chi connectivity index (χ3n) is 3.77. The highest BCUT2D eigenvalue weighted by atomic mass is 35.5. The van der Waals surface area contributed by atoms with E-state index < -0.39 is 10.0 Å². The Kier molecular flexibility index (Phi) is 5.66. The van der Waals surface area contributed by atoms with Gasteiger partial charge < -0.3 is 5.32 Å². The molecule has 10 heteroatoms. The van der Waals surface area contributed by atoms with E-state index in [1.165, 1.54) is 8.99 Å². The second-order valence-electron chi connectivity index (χ2n) is 5.46. The zero-order chi connectivity index (χ0) is 17.2. The molecule has 130 valence electrons. The van der Waals surface area contributed by atoms with E-state index in [9.17, 15) is 13.2 Å². The maximum absolute atomic E-state index is 12.8. The van der Waals surface area contributed by atoms with Crippen molar-refractivity contribution in [1.82, 2.24) is 24.3 Å². The first-order valence-electron chi connectivity index (χ1n) is 7.45. The van der Waals surface area contributed by atoms with E-state index in [-0.39, 0.29) is 22.5 Å². The first-order valence-corrected chi connectivity index (χ1v) is 9.27. The molecule has 2 rings (SSSR count). The molecule has 1 saturated heterocycles. The summed E-state index contributed by atoms with van der Waals surface area (Å²) in [5.41, 5.74) is 0.391. The smallest absolute Gasteiger partial charge is 0.248 e. The van der Waals surface area contributed by atoms with Crippen molar-refractivity contribution in [3.63, 3.8) is 0 Å². The number of aromatic nitrogens is 2. The Balaban J connectivity index is 2.06. The molecule has 0 aromatic carbocycles. The van der Waals surface area contributed by atoms with Crippen LogP contribution in [0.4, 0.5) is 0 Å². The molecule has 1 N–H and O–H groups in total. The summed E-state index contributed by atoms with van der Waals surface area (Å²) >= 11 is 6.08. The van der Waals surface area contributed by atoms with Gasteiger partial charge in [-0.15, -0.1) is 0 Å². The Hall–Kier alpha value is -1.16. The first-order chi connectivity index (χ1) is 10.8. The van der Waals surface area contributed by atoms with Crippen molar-refractivity contribution in [3.8, 4) is 0 Å². The Labute approximate surface area is 141 Å². The predicted molar refractivity (Wildman–Crippen MR) is 86.8 cm³/mol.